The predicted molar refractivity (Wildman–Crippen MR) is 96.1 cm³/mol. The van der Waals surface area contributed by atoms with E-state index in [1.165, 1.54) is 11.3 Å². The minimum Gasteiger partial charge on any atom is -0.353 e. The number of nitrogens with one attached hydrogen (secondary N) is 1. The number of hydrogen-bond donors (Lipinski definition) is 1. The van der Waals surface area contributed by atoms with Gasteiger partial charge in [-0.05, 0) is 49.7 Å². The van der Waals surface area contributed by atoms with Gasteiger partial charge >= 0.3 is 0 Å². The summed E-state index contributed by atoms with van der Waals surface area (Å²) in [6, 6.07) is 14.0. The van der Waals surface area contributed by atoms with E-state index in [9.17, 15) is 4.39 Å². The molecule has 0 radical (unpaired) electrons. The summed E-state index contributed by atoms with van der Waals surface area (Å²) in [4.78, 5) is 4.74. The molecule has 24 heavy (non-hydrogen) atoms. The van der Waals surface area contributed by atoms with E-state index in [4.69, 9.17) is 0 Å². The molecule has 2 heterocycles. The van der Waals surface area contributed by atoms with E-state index in [1.807, 2.05) is 19.1 Å². The van der Waals surface area contributed by atoms with Crippen LogP contribution in [0, 0.1) is 19.7 Å². The molecule has 1 unspecified atom stereocenters. The molecule has 2 aliphatic heterocycles. The van der Waals surface area contributed by atoms with Crippen molar-refractivity contribution in [2.24, 2.45) is 0 Å². The van der Waals surface area contributed by atoms with Crippen LogP contribution in [0.3, 0.4) is 0 Å². The summed E-state index contributed by atoms with van der Waals surface area (Å²) in [5.41, 5.74) is 5.30. The Morgan fingerprint density at radius 2 is 1.88 bits per heavy atom. The fourth-order valence-electron chi connectivity index (χ4n) is 3.51. The van der Waals surface area contributed by atoms with Crippen molar-refractivity contribution in [2.45, 2.75) is 20.0 Å². The van der Waals surface area contributed by atoms with Crippen LogP contribution in [0.25, 0.3) is 5.70 Å². The summed E-state index contributed by atoms with van der Waals surface area (Å²) in [5.74, 6) is -0.154. The lowest BCUT2D eigenvalue weighted by atomic mass is 10.1. The molecule has 4 heteroatoms. The van der Waals surface area contributed by atoms with E-state index in [0.29, 0.717) is 5.56 Å². The zero-order valence-corrected chi connectivity index (χ0v) is 14.1. The molecule has 3 nitrogen and oxygen atoms in total. The van der Waals surface area contributed by atoms with Gasteiger partial charge in [0.2, 0.25) is 0 Å². The van der Waals surface area contributed by atoms with Gasteiger partial charge in [0, 0.05) is 37.1 Å². The highest BCUT2D eigenvalue weighted by atomic mass is 19.1. The summed E-state index contributed by atoms with van der Waals surface area (Å²) in [6.45, 7) is 6.80. The third kappa shape index (κ3) is 2.57. The number of piperazine rings is 1. The van der Waals surface area contributed by atoms with Crippen molar-refractivity contribution in [3.8, 4) is 0 Å². The van der Waals surface area contributed by atoms with Crippen LogP contribution < -0.4 is 10.2 Å². The van der Waals surface area contributed by atoms with Crippen molar-refractivity contribution in [2.75, 3.05) is 24.5 Å². The molecule has 1 N–H and O–H groups in total. The fourth-order valence-corrected chi connectivity index (χ4v) is 3.51. The van der Waals surface area contributed by atoms with Crippen LogP contribution in [0.5, 0.6) is 0 Å². The molecular formula is C20H22FN3. The van der Waals surface area contributed by atoms with Crippen molar-refractivity contribution in [3.05, 3.63) is 71.2 Å². The number of halogens is 1. The Labute approximate surface area is 142 Å². The third-order valence-corrected chi connectivity index (χ3v) is 4.87. The molecule has 2 aliphatic rings. The first kappa shape index (κ1) is 15.2. The first-order chi connectivity index (χ1) is 11.6. The molecule has 2 aromatic carbocycles. The van der Waals surface area contributed by atoms with Crippen molar-refractivity contribution in [1.29, 1.82) is 0 Å². The number of anilines is 1. The first-order valence-corrected chi connectivity index (χ1v) is 8.44. The van der Waals surface area contributed by atoms with Crippen LogP contribution in [0.15, 0.2) is 48.7 Å². The fraction of sp³-hybridized carbons (Fsp3) is 0.300. The van der Waals surface area contributed by atoms with Gasteiger partial charge in [0.15, 0.2) is 0 Å². The molecular weight excluding hydrogens is 301 g/mol. The van der Waals surface area contributed by atoms with Crippen molar-refractivity contribution < 1.29 is 4.39 Å². The van der Waals surface area contributed by atoms with Gasteiger partial charge in [0.25, 0.3) is 0 Å². The van der Waals surface area contributed by atoms with Crippen LogP contribution in [-0.4, -0.2) is 30.7 Å². The molecule has 0 saturated carbocycles. The maximum Gasteiger partial charge on any atom is 0.126 e. The van der Waals surface area contributed by atoms with Crippen LogP contribution in [-0.2, 0) is 0 Å². The summed E-state index contributed by atoms with van der Waals surface area (Å²) >= 11 is 0. The minimum atomic E-state index is -0.154. The molecule has 0 amide bonds. The monoisotopic (exact) mass is 323 g/mol. The Morgan fingerprint density at radius 1 is 1.08 bits per heavy atom. The van der Waals surface area contributed by atoms with E-state index in [1.54, 1.807) is 6.07 Å². The molecule has 2 aromatic rings. The van der Waals surface area contributed by atoms with E-state index in [-0.39, 0.29) is 12.0 Å². The highest BCUT2D eigenvalue weighted by Gasteiger charge is 2.35. The molecule has 1 fully saturated rings. The van der Waals surface area contributed by atoms with Gasteiger partial charge in [0.05, 0.1) is 5.70 Å². The van der Waals surface area contributed by atoms with Crippen molar-refractivity contribution in [3.63, 3.8) is 0 Å². The third-order valence-electron chi connectivity index (χ3n) is 4.87. The molecule has 0 bridgehead atoms. The van der Waals surface area contributed by atoms with E-state index < -0.39 is 0 Å². The highest BCUT2D eigenvalue weighted by molar-refractivity contribution is 5.82. The van der Waals surface area contributed by atoms with Gasteiger partial charge in [-0.25, -0.2) is 4.39 Å². The Bertz CT molecular complexity index is 782. The smallest absolute Gasteiger partial charge is 0.126 e. The molecule has 0 aromatic heterocycles. The quantitative estimate of drug-likeness (QED) is 0.913. The zero-order chi connectivity index (χ0) is 16.7. The second kappa shape index (κ2) is 5.95. The van der Waals surface area contributed by atoms with E-state index in [2.05, 4.69) is 52.5 Å². The van der Waals surface area contributed by atoms with Gasteiger partial charge in [-0.15, -0.1) is 0 Å². The largest absolute Gasteiger partial charge is 0.353 e. The lowest BCUT2D eigenvalue weighted by molar-refractivity contribution is 0.250. The number of nitrogens with zero attached hydrogens (tertiary/aromatic N) is 2. The summed E-state index contributed by atoms with van der Waals surface area (Å²) < 4.78 is 13.7. The average molecular weight is 323 g/mol. The number of benzene rings is 2. The number of rotatable bonds is 2. The maximum atomic E-state index is 13.7. The SMILES string of the molecule is Cc1ccc(N2C(c3ccc(F)c(C)c3)=CN3CCNCC32)cc1. The van der Waals surface area contributed by atoms with Crippen molar-refractivity contribution in [1.82, 2.24) is 10.2 Å². The second-order valence-electron chi connectivity index (χ2n) is 6.61. The van der Waals surface area contributed by atoms with Gasteiger partial charge < -0.3 is 15.1 Å². The second-order valence-corrected chi connectivity index (χ2v) is 6.61. The Morgan fingerprint density at radius 3 is 2.62 bits per heavy atom. The predicted octanol–water partition coefficient (Wildman–Crippen LogP) is 3.49. The first-order valence-electron chi connectivity index (χ1n) is 8.44. The van der Waals surface area contributed by atoms with Gasteiger partial charge in [0.1, 0.15) is 12.0 Å². The van der Waals surface area contributed by atoms with Crippen LogP contribution >= 0.6 is 0 Å². The maximum absolute atomic E-state index is 13.7. The molecule has 0 spiro atoms. The lowest BCUT2D eigenvalue weighted by Gasteiger charge is -2.37. The lowest BCUT2D eigenvalue weighted by Crippen LogP contribution is -2.53. The molecule has 4 rings (SSSR count). The average Bonchev–Trinajstić information content (AvgIpc) is 2.97. The van der Waals surface area contributed by atoms with Crippen LogP contribution in [0.4, 0.5) is 10.1 Å². The molecule has 0 aliphatic carbocycles. The summed E-state index contributed by atoms with van der Waals surface area (Å²) in [5, 5.41) is 3.48. The highest BCUT2D eigenvalue weighted by Crippen LogP contribution is 2.36. The topological polar surface area (TPSA) is 18.5 Å². The van der Waals surface area contributed by atoms with Gasteiger partial charge in [-0.3, -0.25) is 0 Å². The van der Waals surface area contributed by atoms with E-state index in [0.717, 1.165) is 30.9 Å². The van der Waals surface area contributed by atoms with Gasteiger partial charge in [-0.1, -0.05) is 17.7 Å². The number of aryl methyl sites for hydroxylation is 2. The van der Waals surface area contributed by atoms with E-state index >= 15 is 0 Å². The Kier molecular flexibility index (Phi) is 3.77. The zero-order valence-electron chi connectivity index (χ0n) is 14.1. The van der Waals surface area contributed by atoms with Gasteiger partial charge in [-0.2, -0.15) is 0 Å². The summed E-state index contributed by atoms with van der Waals surface area (Å²) in [7, 11) is 0. The standard InChI is InChI=1S/C20H22FN3/c1-14-3-6-17(7-4-14)24-19(13-23-10-9-22-12-20(23)24)16-5-8-18(21)15(2)11-16/h3-8,11,13,20,22H,9-10,12H2,1-2H3. The molecule has 1 atom stereocenters. The normalized spacial score (nSPS) is 20.1. The van der Waals surface area contributed by atoms with Crippen LogP contribution in [0.2, 0.25) is 0 Å². The Balaban J connectivity index is 1.79. The Hall–Kier alpha value is -2.33. The van der Waals surface area contributed by atoms with Crippen molar-refractivity contribution >= 4 is 11.4 Å². The van der Waals surface area contributed by atoms with Crippen LogP contribution in [0.1, 0.15) is 16.7 Å². The molecule has 124 valence electrons. The number of hydrogen-bond acceptors (Lipinski definition) is 3. The summed E-state index contributed by atoms with van der Waals surface area (Å²) in [6.07, 6.45) is 2.49. The molecule has 1 saturated heterocycles. The number of fused-ring (bicyclic) bond motifs is 1. The minimum absolute atomic E-state index is 0.154.